The third kappa shape index (κ3) is 5.53. The Morgan fingerprint density at radius 1 is 1.14 bits per heavy atom. The number of amides is 2. The molecule has 1 aromatic heterocycles. The number of nitrogens with zero attached hydrogens (tertiary/aromatic N) is 4. The molecule has 1 aromatic carbocycles. The molecule has 7 nitrogen and oxygen atoms in total. The lowest BCUT2D eigenvalue weighted by Crippen LogP contribution is -2.51. The molecule has 0 aliphatic carbocycles. The van der Waals surface area contributed by atoms with Crippen molar-refractivity contribution in [3.05, 3.63) is 54.4 Å². The number of hydrogen-bond acceptors (Lipinski definition) is 4. The van der Waals surface area contributed by atoms with Gasteiger partial charge in [0.2, 0.25) is 11.8 Å². The van der Waals surface area contributed by atoms with E-state index in [1.165, 1.54) is 0 Å². The van der Waals surface area contributed by atoms with E-state index in [1.54, 1.807) is 23.0 Å². The first-order valence-electron chi connectivity index (χ1n) is 9.60. The van der Waals surface area contributed by atoms with Crippen molar-refractivity contribution in [2.24, 2.45) is 0 Å². The van der Waals surface area contributed by atoms with E-state index in [0.29, 0.717) is 32.7 Å². The summed E-state index contributed by atoms with van der Waals surface area (Å²) in [6.45, 7) is 6.94. The number of aromatic nitrogens is 2. The second kappa shape index (κ2) is 9.32. The molecule has 1 N–H and O–H groups in total. The summed E-state index contributed by atoms with van der Waals surface area (Å²) < 4.78 is 1.78. The molecule has 3 rings (SSSR count). The summed E-state index contributed by atoms with van der Waals surface area (Å²) in [7, 11) is 0. The lowest BCUT2D eigenvalue weighted by molar-refractivity contribution is -0.128. The second-order valence-corrected chi connectivity index (χ2v) is 7.21. The number of piperazine rings is 1. The van der Waals surface area contributed by atoms with Crippen molar-refractivity contribution in [1.82, 2.24) is 24.9 Å². The van der Waals surface area contributed by atoms with Crippen LogP contribution in [0.3, 0.4) is 0 Å². The molecule has 1 aliphatic heterocycles. The van der Waals surface area contributed by atoms with Crippen LogP contribution in [0.5, 0.6) is 0 Å². The summed E-state index contributed by atoms with van der Waals surface area (Å²) in [5.74, 6) is 0.0174. The highest BCUT2D eigenvalue weighted by molar-refractivity contribution is 5.91. The number of rotatable bonds is 6. The van der Waals surface area contributed by atoms with Gasteiger partial charge in [-0.2, -0.15) is 5.10 Å². The molecule has 0 saturated carbocycles. The molecule has 28 heavy (non-hydrogen) atoms. The predicted octanol–water partition coefficient (Wildman–Crippen LogP) is 1.55. The molecule has 1 fully saturated rings. The van der Waals surface area contributed by atoms with Crippen LogP contribution in [0.15, 0.2) is 48.8 Å². The third-order valence-corrected chi connectivity index (χ3v) is 4.54. The summed E-state index contributed by atoms with van der Waals surface area (Å²) in [5.41, 5.74) is 1.85. The Morgan fingerprint density at radius 3 is 2.54 bits per heavy atom. The highest BCUT2D eigenvalue weighted by Crippen LogP contribution is 2.09. The molecule has 0 atom stereocenters. The Morgan fingerprint density at radius 2 is 1.86 bits per heavy atom. The van der Waals surface area contributed by atoms with Crippen LogP contribution in [-0.4, -0.2) is 70.2 Å². The summed E-state index contributed by atoms with van der Waals surface area (Å²) >= 11 is 0. The van der Waals surface area contributed by atoms with Gasteiger partial charge in [-0.1, -0.05) is 18.2 Å². The number of hydrogen-bond donors (Lipinski definition) is 1. The number of nitrogens with one attached hydrogen (secondary N) is 1. The average Bonchev–Trinajstić information content (AvgIpc) is 3.16. The third-order valence-electron chi connectivity index (χ3n) is 4.54. The minimum absolute atomic E-state index is 0.0151. The van der Waals surface area contributed by atoms with E-state index in [2.05, 4.69) is 15.3 Å². The fourth-order valence-electron chi connectivity index (χ4n) is 3.11. The van der Waals surface area contributed by atoms with Gasteiger partial charge in [0.1, 0.15) is 0 Å². The van der Waals surface area contributed by atoms with Crippen molar-refractivity contribution in [3.63, 3.8) is 0 Å². The molecule has 1 aliphatic rings. The molecule has 148 valence electrons. The fraction of sp³-hybridized carbons (Fsp3) is 0.381. The second-order valence-electron chi connectivity index (χ2n) is 7.21. The number of carbonyl (C=O) groups is 2. The quantitative estimate of drug-likeness (QED) is 0.771. The summed E-state index contributed by atoms with van der Waals surface area (Å²) in [6, 6.07) is 9.98. The van der Waals surface area contributed by atoms with E-state index in [1.807, 2.05) is 55.3 Å². The van der Waals surface area contributed by atoms with Gasteiger partial charge >= 0.3 is 0 Å². The topological polar surface area (TPSA) is 70.5 Å². The van der Waals surface area contributed by atoms with Crippen LogP contribution in [0.25, 0.3) is 11.8 Å². The van der Waals surface area contributed by atoms with Crippen molar-refractivity contribution in [2.75, 3.05) is 32.7 Å². The fourth-order valence-corrected chi connectivity index (χ4v) is 3.11. The molecule has 0 bridgehead atoms. The van der Waals surface area contributed by atoms with Gasteiger partial charge in [0, 0.05) is 50.1 Å². The van der Waals surface area contributed by atoms with E-state index < -0.39 is 0 Å². The van der Waals surface area contributed by atoms with Crippen molar-refractivity contribution in [2.45, 2.75) is 19.9 Å². The lowest BCUT2D eigenvalue weighted by Gasteiger charge is -2.33. The van der Waals surface area contributed by atoms with Crippen LogP contribution in [-0.2, 0) is 9.59 Å². The molecular formula is C21H27N5O2. The predicted molar refractivity (Wildman–Crippen MR) is 109 cm³/mol. The molecule has 0 spiro atoms. The average molecular weight is 381 g/mol. The molecule has 2 amide bonds. The van der Waals surface area contributed by atoms with Gasteiger partial charge in [-0.25, -0.2) is 4.68 Å². The van der Waals surface area contributed by atoms with E-state index in [-0.39, 0.29) is 17.9 Å². The Bertz CT molecular complexity index is 820. The Hall–Kier alpha value is -2.93. The molecule has 7 heteroatoms. The Labute approximate surface area is 165 Å². The van der Waals surface area contributed by atoms with Crippen LogP contribution in [0.4, 0.5) is 0 Å². The molecule has 0 radical (unpaired) electrons. The first-order valence-corrected chi connectivity index (χ1v) is 9.60. The highest BCUT2D eigenvalue weighted by atomic mass is 16.2. The summed E-state index contributed by atoms with van der Waals surface area (Å²) in [6.07, 6.45) is 7.01. The van der Waals surface area contributed by atoms with E-state index in [0.717, 1.165) is 11.3 Å². The van der Waals surface area contributed by atoms with Crippen molar-refractivity contribution in [1.29, 1.82) is 0 Å². The first-order chi connectivity index (χ1) is 13.5. The molecule has 1 saturated heterocycles. The monoisotopic (exact) mass is 381 g/mol. The maximum atomic E-state index is 12.4. The number of benzene rings is 1. The normalized spacial score (nSPS) is 15.3. The molecule has 2 heterocycles. The zero-order valence-corrected chi connectivity index (χ0v) is 16.4. The van der Waals surface area contributed by atoms with Crippen LogP contribution < -0.4 is 5.32 Å². The maximum absolute atomic E-state index is 12.4. The SMILES string of the molecule is CC(C)NC(=O)CN1CCN(C(=O)/C=C/c2cnn(-c3ccccc3)c2)CC1. The molecule has 2 aromatic rings. The number of carbonyl (C=O) groups excluding carboxylic acids is 2. The van der Waals surface area contributed by atoms with Crippen LogP contribution in [0.2, 0.25) is 0 Å². The van der Waals surface area contributed by atoms with Gasteiger partial charge < -0.3 is 10.2 Å². The van der Waals surface area contributed by atoms with Crippen LogP contribution >= 0.6 is 0 Å². The van der Waals surface area contributed by atoms with Gasteiger partial charge in [-0.15, -0.1) is 0 Å². The largest absolute Gasteiger partial charge is 0.353 e. The molecule has 0 unspecified atom stereocenters. The van der Waals surface area contributed by atoms with E-state index >= 15 is 0 Å². The minimum Gasteiger partial charge on any atom is -0.353 e. The minimum atomic E-state index is -0.0151. The van der Waals surface area contributed by atoms with Crippen molar-refractivity contribution in [3.8, 4) is 5.69 Å². The van der Waals surface area contributed by atoms with Crippen molar-refractivity contribution >= 4 is 17.9 Å². The van der Waals surface area contributed by atoms with Crippen LogP contribution in [0.1, 0.15) is 19.4 Å². The van der Waals surface area contributed by atoms with E-state index in [4.69, 9.17) is 0 Å². The van der Waals surface area contributed by atoms with Crippen molar-refractivity contribution < 1.29 is 9.59 Å². The summed E-state index contributed by atoms with van der Waals surface area (Å²) in [4.78, 5) is 28.2. The first kappa shape index (κ1) is 19.8. The number of para-hydroxylation sites is 1. The van der Waals surface area contributed by atoms with Gasteiger partial charge in [0.05, 0.1) is 18.4 Å². The Kier molecular flexibility index (Phi) is 6.60. The highest BCUT2D eigenvalue weighted by Gasteiger charge is 2.21. The lowest BCUT2D eigenvalue weighted by atomic mass is 10.2. The maximum Gasteiger partial charge on any atom is 0.246 e. The van der Waals surface area contributed by atoms with E-state index in [9.17, 15) is 9.59 Å². The Balaban J connectivity index is 1.48. The zero-order chi connectivity index (χ0) is 19.9. The summed E-state index contributed by atoms with van der Waals surface area (Å²) in [5, 5.41) is 7.23. The smallest absolute Gasteiger partial charge is 0.246 e. The zero-order valence-electron chi connectivity index (χ0n) is 16.4. The van der Waals surface area contributed by atoms with Gasteiger partial charge in [-0.3, -0.25) is 14.5 Å². The van der Waals surface area contributed by atoms with Crippen LogP contribution in [0, 0.1) is 0 Å². The standard InChI is InChI=1S/C21H27N5O2/c1-17(2)23-20(27)16-24-10-12-25(13-11-24)21(28)9-8-18-14-22-26(15-18)19-6-4-3-5-7-19/h3-9,14-15,17H,10-13,16H2,1-2H3,(H,23,27)/b9-8+. The van der Waals surface area contributed by atoms with Gasteiger partial charge in [-0.05, 0) is 32.1 Å². The van der Waals surface area contributed by atoms with Gasteiger partial charge in [0.25, 0.3) is 0 Å². The molecular weight excluding hydrogens is 354 g/mol. The van der Waals surface area contributed by atoms with Gasteiger partial charge in [0.15, 0.2) is 0 Å².